The Kier molecular flexibility index (Phi) is 2.51. The number of anilines is 1. The first-order valence-corrected chi connectivity index (χ1v) is 7.10. The second kappa shape index (κ2) is 4.38. The van der Waals surface area contributed by atoms with Crippen LogP contribution in [-0.4, -0.2) is 4.57 Å². The fourth-order valence-electron chi connectivity index (χ4n) is 3.11. The zero-order valence-electron chi connectivity index (χ0n) is 11.9. The molecule has 1 heterocycles. The van der Waals surface area contributed by atoms with E-state index in [0.717, 1.165) is 11.4 Å². The lowest BCUT2D eigenvalue weighted by Gasteiger charge is -2.14. The molecule has 102 valence electrons. The van der Waals surface area contributed by atoms with Gasteiger partial charge in [-0.15, -0.1) is 0 Å². The van der Waals surface area contributed by atoms with Crippen molar-refractivity contribution in [2.24, 2.45) is 0 Å². The van der Waals surface area contributed by atoms with Gasteiger partial charge in [0.25, 0.3) is 0 Å². The Morgan fingerprint density at radius 3 is 2.38 bits per heavy atom. The van der Waals surface area contributed by atoms with E-state index >= 15 is 0 Å². The summed E-state index contributed by atoms with van der Waals surface area (Å²) in [5.41, 5.74) is 10.6. The molecule has 0 bridgehead atoms. The topological polar surface area (TPSA) is 30.9 Å². The summed E-state index contributed by atoms with van der Waals surface area (Å²) in [5.74, 6) is 0. The Bertz CT molecular complexity index is 964. The molecule has 0 spiro atoms. The zero-order chi connectivity index (χ0) is 14.4. The highest BCUT2D eigenvalue weighted by atomic mass is 15.0. The summed E-state index contributed by atoms with van der Waals surface area (Å²) in [4.78, 5) is 0. The minimum Gasteiger partial charge on any atom is -0.397 e. The van der Waals surface area contributed by atoms with Crippen LogP contribution in [0, 0.1) is 6.92 Å². The molecule has 0 aliphatic heterocycles. The van der Waals surface area contributed by atoms with Crippen LogP contribution in [0.15, 0.2) is 66.7 Å². The molecule has 0 saturated carbocycles. The molecular formula is C19H16N2. The molecule has 0 amide bonds. The van der Waals surface area contributed by atoms with Crippen LogP contribution in [0.5, 0.6) is 0 Å². The fourth-order valence-corrected chi connectivity index (χ4v) is 3.11. The largest absolute Gasteiger partial charge is 0.397 e. The van der Waals surface area contributed by atoms with Crippen LogP contribution in [0.1, 0.15) is 5.69 Å². The van der Waals surface area contributed by atoms with E-state index in [2.05, 4.69) is 72.2 Å². The molecule has 0 unspecified atom stereocenters. The van der Waals surface area contributed by atoms with Crippen LogP contribution in [0.2, 0.25) is 0 Å². The van der Waals surface area contributed by atoms with Crippen molar-refractivity contribution in [3.05, 3.63) is 72.4 Å². The second-order valence-corrected chi connectivity index (χ2v) is 5.40. The van der Waals surface area contributed by atoms with Crippen molar-refractivity contribution in [1.82, 2.24) is 4.57 Å². The molecule has 0 fully saturated rings. The molecule has 4 rings (SSSR count). The van der Waals surface area contributed by atoms with Gasteiger partial charge in [0, 0.05) is 16.5 Å². The van der Waals surface area contributed by atoms with Crippen molar-refractivity contribution < 1.29 is 0 Å². The SMILES string of the molecule is Cc1cc2ccccc2n1-c1c(N)ccc2ccccc12. The average molecular weight is 272 g/mol. The normalized spacial score (nSPS) is 11.3. The van der Waals surface area contributed by atoms with Crippen molar-refractivity contribution in [2.75, 3.05) is 5.73 Å². The van der Waals surface area contributed by atoms with Gasteiger partial charge < -0.3 is 10.3 Å². The number of hydrogen-bond acceptors (Lipinski definition) is 1. The van der Waals surface area contributed by atoms with Crippen LogP contribution >= 0.6 is 0 Å². The molecule has 3 aromatic carbocycles. The average Bonchev–Trinajstić information content (AvgIpc) is 2.83. The van der Waals surface area contributed by atoms with E-state index in [1.807, 2.05) is 6.07 Å². The minimum atomic E-state index is 0.804. The number of nitrogen functional groups attached to an aromatic ring is 1. The summed E-state index contributed by atoms with van der Waals surface area (Å²) >= 11 is 0. The monoisotopic (exact) mass is 272 g/mol. The quantitative estimate of drug-likeness (QED) is 0.501. The molecule has 0 aliphatic carbocycles. The number of aryl methyl sites for hydroxylation is 1. The van der Waals surface area contributed by atoms with Gasteiger partial charge in [-0.3, -0.25) is 0 Å². The third-order valence-electron chi connectivity index (χ3n) is 4.05. The van der Waals surface area contributed by atoms with Gasteiger partial charge in [0.2, 0.25) is 0 Å². The van der Waals surface area contributed by atoms with E-state index < -0.39 is 0 Å². The summed E-state index contributed by atoms with van der Waals surface area (Å²) in [6, 6.07) is 23.1. The molecule has 2 heteroatoms. The molecule has 1 aromatic heterocycles. The number of rotatable bonds is 1. The van der Waals surface area contributed by atoms with Gasteiger partial charge in [-0.1, -0.05) is 48.5 Å². The standard InChI is InChI=1S/C19H16N2/c1-13-12-15-7-3-5-9-18(15)21(13)19-16-8-4-2-6-14(16)10-11-17(19)20/h2-12H,20H2,1H3. The van der Waals surface area contributed by atoms with Crippen molar-refractivity contribution in [3.8, 4) is 5.69 Å². The predicted molar refractivity (Wildman–Crippen MR) is 89.9 cm³/mol. The number of benzene rings is 3. The Morgan fingerprint density at radius 1 is 0.810 bits per heavy atom. The summed E-state index contributed by atoms with van der Waals surface area (Å²) in [5, 5.41) is 3.63. The number of fused-ring (bicyclic) bond motifs is 2. The second-order valence-electron chi connectivity index (χ2n) is 5.40. The third kappa shape index (κ3) is 1.73. The molecule has 0 saturated heterocycles. The van der Waals surface area contributed by atoms with Crippen molar-refractivity contribution in [3.63, 3.8) is 0 Å². The third-order valence-corrected chi connectivity index (χ3v) is 4.05. The van der Waals surface area contributed by atoms with Gasteiger partial charge in [-0.2, -0.15) is 0 Å². The molecule has 0 aliphatic rings. The van der Waals surface area contributed by atoms with Gasteiger partial charge in [0.1, 0.15) is 0 Å². The van der Waals surface area contributed by atoms with Crippen LogP contribution in [0.25, 0.3) is 27.4 Å². The zero-order valence-corrected chi connectivity index (χ0v) is 11.9. The molecular weight excluding hydrogens is 256 g/mol. The Balaban J connectivity index is 2.19. The number of aromatic nitrogens is 1. The maximum atomic E-state index is 6.32. The van der Waals surface area contributed by atoms with Crippen LogP contribution < -0.4 is 5.73 Å². The Hall–Kier alpha value is -2.74. The highest BCUT2D eigenvalue weighted by Gasteiger charge is 2.12. The Morgan fingerprint density at radius 2 is 1.52 bits per heavy atom. The van der Waals surface area contributed by atoms with E-state index in [1.54, 1.807) is 0 Å². The molecule has 0 atom stereocenters. The first-order chi connectivity index (χ1) is 10.3. The maximum Gasteiger partial charge on any atom is 0.0767 e. The van der Waals surface area contributed by atoms with Crippen LogP contribution in [-0.2, 0) is 0 Å². The first-order valence-electron chi connectivity index (χ1n) is 7.10. The summed E-state index contributed by atoms with van der Waals surface area (Å²) in [7, 11) is 0. The van der Waals surface area contributed by atoms with Crippen LogP contribution in [0.4, 0.5) is 5.69 Å². The van der Waals surface area contributed by atoms with E-state index in [-0.39, 0.29) is 0 Å². The Labute approximate surface area is 123 Å². The van der Waals surface area contributed by atoms with Gasteiger partial charge in [0.05, 0.1) is 16.9 Å². The molecule has 4 aromatic rings. The lowest BCUT2D eigenvalue weighted by Crippen LogP contribution is -2.02. The van der Waals surface area contributed by atoms with Crippen LogP contribution in [0.3, 0.4) is 0 Å². The minimum absolute atomic E-state index is 0.804. The van der Waals surface area contributed by atoms with E-state index in [1.165, 1.54) is 27.4 Å². The van der Waals surface area contributed by atoms with Crippen molar-refractivity contribution in [1.29, 1.82) is 0 Å². The lowest BCUT2D eigenvalue weighted by atomic mass is 10.1. The van der Waals surface area contributed by atoms with E-state index in [0.29, 0.717) is 0 Å². The van der Waals surface area contributed by atoms with Gasteiger partial charge in [0.15, 0.2) is 0 Å². The summed E-state index contributed by atoms with van der Waals surface area (Å²) in [6.45, 7) is 2.13. The number of nitrogens with two attached hydrogens (primary N) is 1. The highest BCUT2D eigenvalue weighted by molar-refractivity contribution is 5.98. The van der Waals surface area contributed by atoms with Crippen molar-refractivity contribution in [2.45, 2.75) is 6.92 Å². The van der Waals surface area contributed by atoms with Crippen molar-refractivity contribution >= 4 is 27.4 Å². The fraction of sp³-hybridized carbons (Fsp3) is 0.0526. The number of para-hydroxylation sites is 1. The first kappa shape index (κ1) is 12.0. The van der Waals surface area contributed by atoms with Gasteiger partial charge in [-0.25, -0.2) is 0 Å². The number of nitrogens with zero attached hydrogens (tertiary/aromatic N) is 1. The predicted octanol–water partition coefficient (Wildman–Crippen LogP) is 4.67. The summed E-state index contributed by atoms with van der Waals surface area (Å²) < 4.78 is 2.26. The molecule has 2 N–H and O–H groups in total. The molecule has 21 heavy (non-hydrogen) atoms. The molecule has 0 radical (unpaired) electrons. The van der Waals surface area contributed by atoms with Gasteiger partial charge >= 0.3 is 0 Å². The van der Waals surface area contributed by atoms with E-state index in [4.69, 9.17) is 5.73 Å². The summed E-state index contributed by atoms with van der Waals surface area (Å²) in [6.07, 6.45) is 0. The lowest BCUT2D eigenvalue weighted by molar-refractivity contribution is 1.07. The highest BCUT2D eigenvalue weighted by Crippen LogP contribution is 2.32. The smallest absolute Gasteiger partial charge is 0.0767 e. The number of hydrogen-bond donors (Lipinski definition) is 1. The molecule has 2 nitrogen and oxygen atoms in total. The van der Waals surface area contributed by atoms with Gasteiger partial charge in [-0.05, 0) is 30.5 Å². The van der Waals surface area contributed by atoms with E-state index in [9.17, 15) is 0 Å². The maximum absolute atomic E-state index is 6.32.